The van der Waals surface area contributed by atoms with Crippen molar-refractivity contribution in [1.82, 2.24) is 9.97 Å². The van der Waals surface area contributed by atoms with Crippen LogP contribution in [-0.2, 0) is 0 Å². The Balaban J connectivity index is 2.96. The molecule has 2 rings (SSSR count). The highest BCUT2D eigenvalue weighted by Crippen LogP contribution is 2.26. The van der Waals surface area contributed by atoms with Gasteiger partial charge in [-0.15, -0.1) is 0 Å². The number of rotatable bonds is 0. The summed E-state index contributed by atoms with van der Waals surface area (Å²) in [6, 6.07) is 1.75. The molecule has 0 radical (unpaired) electrons. The molecule has 56 valence electrons. The van der Waals surface area contributed by atoms with Crippen LogP contribution in [0.25, 0.3) is 10.9 Å². The molecule has 2 aromatic rings. The zero-order valence-electron chi connectivity index (χ0n) is 5.50. The van der Waals surface area contributed by atoms with Gasteiger partial charge in [-0.05, 0) is 6.07 Å². The first kappa shape index (κ1) is 6.49. The second-order valence-electron chi connectivity index (χ2n) is 2.20. The van der Waals surface area contributed by atoms with E-state index in [-0.39, 0.29) is 5.75 Å². The molecule has 0 spiro atoms. The van der Waals surface area contributed by atoms with Crippen LogP contribution >= 0.6 is 11.6 Å². The van der Waals surface area contributed by atoms with Gasteiger partial charge in [0.15, 0.2) is 5.15 Å². The van der Waals surface area contributed by atoms with Crippen LogP contribution in [0.2, 0.25) is 5.15 Å². The Hall–Kier alpha value is -1.22. The summed E-state index contributed by atoms with van der Waals surface area (Å²) in [6.45, 7) is 0. The zero-order chi connectivity index (χ0) is 7.84. The number of hydrogen-bond acceptors (Lipinski definition) is 2. The molecule has 0 aliphatic carbocycles. The zero-order valence-corrected chi connectivity index (χ0v) is 6.26. The van der Waals surface area contributed by atoms with Gasteiger partial charge in [0.25, 0.3) is 0 Å². The summed E-state index contributed by atoms with van der Waals surface area (Å²) in [6.07, 6.45) is 3.04. The molecule has 0 saturated heterocycles. The first-order chi connectivity index (χ1) is 5.29. The van der Waals surface area contributed by atoms with Crippen LogP contribution in [0.3, 0.4) is 0 Å². The van der Waals surface area contributed by atoms with E-state index >= 15 is 0 Å². The quantitative estimate of drug-likeness (QED) is 0.591. The number of aromatic hydroxyl groups is 1. The molecule has 0 saturated carbocycles. The first-order valence-corrected chi connectivity index (χ1v) is 3.47. The van der Waals surface area contributed by atoms with E-state index in [2.05, 4.69) is 9.97 Å². The predicted molar refractivity (Wildman–Crippen MR) is 42.8 cm³/mol. The molecule has 0 aliphatic heterocycles. The molecular weight excluding hydrogens is 164 g/mol. The van der Waals surface area contributed by atoms with Gasteiger partial charge < -0.3 is 10.1 Å². The van der Waals surface area contributed by atoms with Gasteiger partial charge in [-0.1, -0.05) is 11.6 Å². The fraction of sp³-hybridized carbons (Fsp3) is 0. The van der Waals surface area contributed by atoms with Gasteiger partial charge in [0, 0.05) is 11.6 Å². The summed E-state index contributed by atoms with van der Waals surface area (Å²) >= 11 is 5.72. The molecule has 0 aromatic carbocycles. The molecule has 0 atom stereocenters. The Labute approximate surface area is 67.6 Å². The summed E-state index contributed by atoms with van der Waals surface area (Å²) in [5, 5.41) is 10.3. The summed E-state index contributed by atoms with van der Waals surface area (Å²) in [7, 11) is 0. The van der Waals surface area contributed by atoms with Crippen LogP contribution < -0.4 is 0 Å². The average Bonchev–Trinajstić information content (AvgIpc) is 2.45. The summed E-state index contributed by atoms with van der Waals surface area (Å²) in [4.78, 5) is 6.64. The van der Waals surface area contributed by atoms with E-state index in [4.69, 9.17) is 11.6 Å². The van der Waals surface area contributed by atoms with Crippen molar-refractivity contribution in [3.63, 3.8) is 0 Å². The third-order valence-electron chi connectivity index (χ3n) is 1.53. The molecule has 0 aliphatic rings. The van der Waals surface area contributed by atoms with Crippen LogP contribution in [0.4, 0.5) is 0 Å². The molecule has 2 aromatic heterocycles. The van der Waals surface area contributed by atoms with Crippen molar-refractivity contribution in [2.24, 2.45) is 0 Å². The molecule has 4 heteroatoms. The van der Waals surface area contributed by atoms with Gasteiger partial charge in [-0.2, -0.15) is 0 Å². The Bertz CT molecular complexity index is 360. The minimum Gasteiger partial charge on any atom is -0.506 e. The van der Waals surface area contributed by atoms with Crippen molar-refractivity contribution in [2.75, 3.05) is 0 Å². The summed E-state index contributed by atoms with van der Waals surface area (Å²) in [5.74, 6) is 0.144. The standard InChI is InChI=1S/C7H5ClN2O/c8-7-6-4(1-2-9-6)5(11)3-10-7/h1-3,9,11H. The molecular formula is C7H5ClN2O. The molecule has 0 unspecified atom stereocenters. The average molecular weight is 169 g/mol. The summed E-state index contributed by atoms with van der Waals surface area (Å²) in [5.41, 5.74) is 0.673. The van der Waals surface area contributed by atoms with Crippen molar-refractivity contribution in [2.45, 2.75) is 0 Å². The third kappa shape index (κ3) is 0.851. The van der Waals surface area contributed by atoms with E-state index in [1.165, 1.54) is 6.20 Å². The van der Waals surface area contributed by atoms with Crippen molar-refractivity contribution >= 4 is 22.5 Å². The summed E-state index contributed by atoms with van der Waals surface area (Å²) < 4.78 is 0. The van der Waals surface area contributed by atoms with E-state index in [9.17, 15) is 5.11 Å². The van der Waals surface area contributed by atoms with Crippen LogP contribution in [0.15, 0.2) is 18.5 Å². The number of nitrogens with one attached hydrogen (secondary N) is 1. The lowest BCUT2D eigenvalue weighted by molar-refractivity contribution is 0.479. The highest BCUT2D eigenvalue weighted by molar-refractivity contribution is 6.34. The van der Waals surface area contributed by atoms with Crippen LogP contribution in [0.1, 0.15) is 0 Å². The fourth-order valence-corrected chi connectivity index (χ4v) is 1.21. The molecule has 2 heterocycles. The highest BCUT2D eigenvalue weighted by atomic mass is 35.5. The number of aromatic amines is 1. The van der Waals surface area contributed by atoms with Gasteiger partial charge in [-0.3, -0.25) is 0 Å². The van der Waals surface area contributed by atoms with E-state index in [1.54, 1.807) is 12.3 Å². The van der Waals surface area contributed by atoms with E-state index in [0.717, 1.165) is 0 Å². The second-order valence-corrected chi connectivity index (χ2v) is 2.56. The number of fused-ring (bicyclic) bond motifs is 1. The molecule has 0 bridgehead atoms. The number of aromatic nitrogens is 2. The first-order valence-electron chi connectivity index (χ1n) is 3.09. The number of nitrogens with zero attached hydrogens (tertiary/aromatic N) is 1. The molecule has 0 fully saturated rings. The van der Waals surface area contributed by atoms with Gasteiger partial charge >= 0.3 is 0 Å². The van der Waals surface area contributed by atoms with Gasteiger partial charge in [0.1, 0.15) is 5.75 Å². The maximum absolute atomic E-state index is 9.24. The van der Waals surface area contributed by atoms with Crippen LogP contribution in [0.5, 0.6) is 5.75 Å². The number of halogens is 1. The number of H-pyrrole nitrogens is 1. The smallest absolute Gasteiger partial charge is 0.153 e. The maximum atomic E-state index is 9.24. The van der Waals surface area contributed by atoms with Gasteiger partial charge in [-0.25, -0.2) is 4.98 Å². The fourth-order valence-electron chi connectivity index (χ4n) is 1.01. The van der Waals surface area contributed by atoms with E-state index in [1.807, 2.05) is 0 Å². The largest absolute Gasteiger partial charge is 0.506 e. The molecule has 2 N–H and O–H groups in total. The topological polar surface area (TPSA) is 48.9 Å². The van der Waals surface area contributed by atoms with Crippen molar-refractivity contribution in [1.29, 1.82) is 0 Å². The number of pyridine rings is 1. The Morgan fingerprint density at radius 1 is 1.55 bits per heavy atom. The van der Waals surface area contributed by atoms with Crippen molar-refractivity contribution in [3.8, 4) is 5.75 Å². The highest BCUT2D eigenvalue weighted by Gasteiger charge is 2.04. The Kier molecular flexibility index (Phi) is 1.26. The second kappa shape index (κ2) is 2.13. The van der Waals surface area contributed by atoms with E-state index < -0.39 is 0 Å². The minimum absolute atomic E-state index is 0.144. The van der Waals surface area contributed by atoms with E-state index in [0.29, 0.717) is 16.1 Å². The lowest BCUT2D eigenvalue weighted by atomic mass is 10.3. The molecule has 11 heavy (non-hydrogen) atoms. The lowest BCUT2D eigenvalue weighted by Gasteiger charge is -1.94. The minimum atomic E-state index is 0.144. The van der Waals surface area contributed by atoms with Crippen molar-refractivity contribution in [3.05, 3.63) is 23.6 Å². The normalized spacial score (nSPS) is 10.6. The monoisotopic (exact) mass is 168 g/mol. The van der Waals surface area contributed by atoms with Gasteiger partial charge in [0.2, 0.25) is 0 Å². The number of hydrogen-bond donors (Lipinski definition) is 2. The SMILES string of the molecule is Oc1cnc(Cl)c2[nH]ccc12. The maximum Gasteiger partial charge on any atom is 0.153 e. The van der Waals surface area contributed by atoms with Gasteiger partial charge in [0.05, 0.1) is 11.7 Å². The molecule has 0 amide bonds. The van der Waals surface area contributed by atoms with Crippen LogP contribution in [0, 0.1) is 0 Å². The third-order valence-corrected chi connectivity index (χ3v) is 1.82. The lowest BCUT2D eigenvalue weighted by Crippen LogP contribution is -1.76. The predicted octanol–water partition coefficient (Wildman–Crippen LogP) is 1.92. The Morgan fingerprint density at radius 3 is 3.09 bits per heavy atom. The van der Waals surface area contributed by atoms with Crippen LogP contribution in [-0.4, -0.2) is 15.1 Å². The van der Waals surface area contributed by atoms with Crippen molar-refractivity contribution < 1.29 is 5.11 Å². The Morgan fingerprint density at radius 2 is 2.36 bits per heavy atom. The molecule has 3 nitrogen and oxygen atoms in total.